The molecule has 2 saturated heterocycles. The van der Waals surface area contributed by atoms with Crippen molar-refractivity contribution in [1.82, 2.24) is 19.9 Å². The van der Waals surface area contributed by atoms with Crippen molar-refractivity contribution < 1.29 is 4.74 Å². The molecular formula is C26H29ClN6OS. The quantitative estimate of drug-likeness (QED) is 0.587. The summed E-state index contributed by atoms with van der Waals surface area (Å²) in [5, 5.41) is 2.36. The van der Waals surface area contributed by atoms with Gasteiger partial charge < -0.3 is 14.6 Å². The Morgan fingerprint density at radius 1 is 1.23 bits per heavy atom. The largest absolute Gasteiger partial charge is 0.379 e. The number of fused-ring (bicyclic) bond motifs is 2. The van der Waals surface area contributed by atoms with Crippen LogP contribution >= 0.6 is 23.4 Å². The molecule has 9 heteroatoms. The third-order valence-corrected chi connectivity index (χ3v) is 8.40. The maximum atomic E-state index is 6.80. The van der Waals surface area contributed by atoms with Crippen LogP contribution in [0, 0.1) is 5.92 Å². The van der Waals surface area contributed by atoms with Gasteiger partial charge in [-0.3, -0.25) is 9.89 Å². The molecule has 4 aliphatic rings. The molecule has 0 radical (unpaired) electrons. The van der Waals surface area contributed by atoms with Crippen LogP contribution in [0.2, 0.25) is 5.02 Å². The first kappa shape index (κ1) is 23.0. The fraction of sp³-hybridized carbons (Fsp3) is 0.423. The van der Waals surface area contributed by atoms with Crippen molar-refractivity contribution >= 4 is 46.4 Å². The summed E-state index contributed by atoms with van der Waals surface area (Å²) in [5.41, 5.74) is 3.91. The summed E-state index contributed by atoms with van der Waals surface area (Å²) in [5.74, 6) is 1.15. The first-order valence-corrected chi connectivity index (χ1v) is 13.4. The van der Waals surface area contributed by atoms with Gasteiger partial charge in [0.2, 0.25) is 0 Å². The van der Waals surface area contributed by atoms with Crippen LogP contribution in [0.1, 0.15) is 19.0 Å². The van der Waals surface area contributed by atoms with E-state index in [1.807, 2.05) is 12.3 Å². The number of aromatic nitrogens is 3. The number of hydrogen-bond donors (Lipinski definition) is 1. The molecule has 182 valence electrons. The summed E-state index contributed by atoms with van der Waals surface area (Å²) in [6.45, 7) is 11.9. The lowest BCUT2D eigenvalue weighted by Crippen LogP contribution is -2.61. The average Bonchev–Trinajstić information content (AvgIpc) is 2.98. The van der Waals surface area contributed by atoms with Crippen molar-refractivity contribution in [3.8, 4) is 0 Å². The normalized spacial score (nSPS) is 23.2. The standard InChI is InChI=1S/C26H29ClN6OS/c1-3-20-23(27)22-24(29-20)30-26(31-25(22)33-14-17(15-33)32-8-10-34-11-9-32)35-18-12-16(2)19-6-4-5-7-28-21(19)13-18/h4-5,7,12-13,17,19H,2-3,6,8-11,14-15H2,1H3,(H,29,30,31). The van der Waals surface area contributed by atoms with Gasteiger partial charge in [-0.15, -0.1) is 0 Å². The molecule has 0 bridgehead atoms. The maximum absolute atomic E-state index is 6.80. The second kappa shape index (κ2) is 9.58. The molecule has 2 fully saturated rings. The van der Waals surface area contributed by atoms with Crippen LogP contribution in [0.5, 0.6) is 0 Å². The highest BCUT2D eigenvalue weighted by atomic mass is 35.5. The maximum Gasteiger partial charge on any atom is 0.196 e. The van der Waals surface area contributed by atoms with Crippen LogP contribution in [0.3, 0.4) is 0 Å². The number of hydrogen-bond acceptors (Lipinski definition) is 7. The van der Waals surface area contributed by atoms with Gasteiger partial charge in [0.15, 0.2) is 5.16 Å². The lowest BCUT2D eigenvalue weighted by molar-refractivity contribution is 0.0104. The van der Waals surface area contributed by atoms with Crippen LogP contribution in [0.25, 0.3) is 11.0 Å². The number of aryl methyl sites for hydroxylation is 1. The minimum atomic E-state index is 0.237. The van der Waals surface area contributed by atoms with Crippen LogP contribution in [0.15, 0.2) is 57.2 Å². The van der Waals surface area contributed by atoms with Crippen molar-refractivity contribution in [2.24, 2.45) is 10.9 Å². The summed E-state index contributed by atoms with van der Waals surface area (Å²) in [4.78, 5) is 23.9. The summed E-state index contributed by atoms with van der Waals surface area (Å²) in [6.07, 6.45) is 12.0. The van der Waals surface area contributed by atoms with E-state index >= 15 is 0 Å². The molecule has 0 amide bonds. The fourth-order valence-corrected chi connectivity index (χ4v) is 6.34. The van der Waals surface area contributed by atoms with Crippen LogP contribution in [-0.2, 0) is 11.2 Å². The van der Waals surface area contributed by atoms with Gasteiger partial charge in [0.1, 0.15) is 11.5 Å². The van der Waals surface area contributed by atoms with Gasteiger partial charge in [0.25, 0.3) is 0 Å². The highest BCUT2D eigenvalue weighted by Gasteiger charge is 2.35. The molecular weight excluding hydrogens is 480 g/mol. The highest BCUT2D eigenvalue weighted by Crippen LogP contribution is 2.41. The third kappa shape index (κ3) is 4.37. The molecule has 0 spiro atoms. The van der Waals surface area contributed by atoms with Crippen molar-refractivity contribution in [2.75, 3.05) is 44.3 Å². The first-order valence-electron chi connectivity index (χ1n) is 12.2. The summed E-state index contributed by atoms with van der Waals surface area (Å²) in [6, 6.07) is 0.524. The predicted molar refractivity (Wildman–Crippen MR) is 144 cm³/mol. The van der Waals surface area contributed by atoms with Crippen molar-refractivity contribution in [3.05, 3.63) is 57.8 Å². The van der Waals surface area contributed by atoms with E-state index in [-0.39, 0.29) is 5.92 Å². The van der Waals surface area contributed by atoms with Crippen LogP contribution in [-0.4, -0.2) is 71.5 Å². The zero-order valence-electron chi connectivity index (χ0n) is 19.8. The van der Waals surface area contributed by atoms with Gasteiger partial charge in [-0.1, -0.05) is 31.2 Å². The molecule has 5 heterocycles. The van der Waals surface area contributed by atoms with E-state index in [4.69, 9.17) is 26.3 Å². The number of aliphatic imine (C=N–C) groups is 1. The summed E-state index contributed by atoms with van der Waals surface area (Å²) in [7, 11) is 0. The minimum absolute atomic E-state index is 0.237. The molecule has 1 N–H and O–H groups in total. The molecule has 1 atom stereocenters. The molecule has 7 nitrogen and oxygen atoms in total. The van der Waals surface area contributed by atoms with Gasteiger partial charge in [-0.25, -0.2) is 9.97 Å². The van der Waals surface area contributed by atoms with E-state index in [2.05, 4.69) is 51.5 Å². The fourth-order valence-electron chi connectivity index (χ4n) is 5.12. The smallest absolute Gasteiger partial charge is 0.196 e. The van der Waals surface area contributed by atoms with Crippen molar-refractivity contribution in [2.45, 2.75) is 31.0 Å². The molecule has 35 heavy (non-hydrogen) atoms. The first-order chi connectivity index (χ1) is 17.1. The number of nitrogens with zero attached hydrogens (tertiary/aromatic N) is 5. The molecule has 2 aromatic heterocycles. The molecule has 3 aliphatic heterocycles. The number of halogens is 1. The van der Waals surface area contributed by atoms with Gasteiger partial charge in [-0.05, 0) is 48.4 Å². The zero-order chi connectivity index (χ0) is 23.9. The van der Waals surface area contributed by atoms with E-state index < -0.39 is 0 Å². The second-order valence-corrected chi connectivity index (χ2v) is 10.7. The van der Waals surface area contributed by atoms with Gasteiger partial charge >= 0.3 is 0 Å². The van der Waals surface area contributed by atoms with Gasteiger partial charge in [-0.2, -0.15) is 0 Å². The highest BCUT2D eigenvalue weighted by molar-refractivity contribution is 8.03. The number of allylic oxidation sites excluding steroid dienone is 5. The Hall–Kier alpha value is -2.39. The van der Waals surface area contributed by atoms with E-state index in [1.54, 1.807) is 11.8 Å². The van der Waals surface area contributed by atoms with Crippen LogP contribution in [0.4, 0.5) is 5.82 Å². The van der Waals surface area contributed by atoms with Gasteiger partial charge in [0, 0.05) is 60.6 Å². The average molecular weight is 509 g/mol. The predicted octanol–water partition coefficient (Wildman–Crippen LogP) is 4.77. The minimum Gasteiger partial charge on any atom is -0.379 e. The number of anilines is 1. The van der Waals surface area contributed by atoms with Crippen LogP contribution < -0.4 is 4.90 Å². The van der Waals surface area contributed by atoms with E-state index in [0.717, 1.165) is 96.0 Å². The molecule has 1 unspecified atom stereocenters. The lowest BCUT2D eigenvalue weighted by Gasteiger charge is -2.47. The van der Waals surface area contributed by atoms with Crippen molar-refractivity contribution in [3.63, 3.8) is 0 Å². The Bertz CT molecular complexity index is 1280. The number of rotatable bonds is 5. The van der Waals surface area contributed by atoms with E-state index in [1.165, 1.54) is 0 Å². The molecule has 0 saturated carbocycles. The number of thioether (sulfide) groups is 1. The Kier molecular flexibility index (Phi) is 6.30. The monoisotopic (exact) mass is 508 g/mol. The lowest BCUT2D eigenvalue weighted by atomic mass is 9.90. The van der Waals surface area contributed by atoms with Crippen molar-refractivity contribution in [1.29, 1.82) is 0 Å². The Morgan fingerprint density at radius 2 is 2.06 bits per heavy atom. The Balaban J connectivity index is 1.30. The number of H-pyrrole nitrogens is 1. The molecule has 6 rings (SSSR count). The molecule has 1 aliphatic carbocycles. The Labute approximate surface area is 214 Å². The number of ether oxygens (including phenoxy) is 1. The Morgan fingerprint density at radius 3 is 2.86 bits per heavy atom. The third-order valence-electron chi connectivity index (χ3n) is 7.15. The zero-order valence-corrected chi connectivity index (χ0v) is 21.4. The number of aromatic amines is 1. The summed E-state index contributed by atoms with van der Waals surface area (Å²) >= 11 is 8.36. The van der Waals surface area contributed by atoms with E-state index in [9.17, 15) is 0 Å². The second-order valence-electron chi connectivity index (χ2n) is 9.32. The SMILES string of the molecule is C=C1C=C(Sc2nc(N3CC(N4CCOCC4)C3)c3c(Cl)c(CC)[nH]c3n2)C=C2N=CC=CCC12. The molecule has 0 aromatic carbocycles. The van der Waals surface area contributed by atoms with Gasteiger partial charge in [0.05, 0.1) is 23.6 Å². The number of nitrogens with one attached hydrogen (secondary N) is 1. The number of morpholine rings is 1. The topological polar surface area (TPSA) is 69.6 Å². The van der Waals surface area contributed by atoms with E-state index in [0.29, 0.717) is 11.2 Å². The molecule has 2 aromatic rings. The summed E-state index contributed by atoms with van der Waals surface area (Å²) < 4.78 is 5.53.